The minimum Gasteiger partial charge on any atom is -0.496 e. The molecule has 0 radical (unpaired) electrons. The van der Waals surface area contributed by atoms with Crippen molar-refractivity contribution in [2.24, 2.45) is 5.73 Å². The van der Waals surface area contributed by atoms with Gasteiger partial charge in [-0.15, -0.1) is 0 Å². The summed E-state index contributed by atoms with van der Waals surface area (Å²) >= 11 is 0. The van der Waals surface area contributed by atoms with Gasteiger partial charge in [0, 0.05) is 17.3 Å². The molecule has 2 atom stereocenters. The van der Waals surface area contributed by atoms with Crippen molar-refractivity contribution in [1.82, 2.24) is 9.78 Å². The van der Waals surface area contributed by atoms with E-state index < -0.39 is 0 Å². The van der Waals surface area contributed by atoms with E-state index in [0.29, 0.717) is 0 Å². The fourth-order valence-electron chi connectivity index (χ4n) is 2.56. The fourth-order valence-corrected chi connectivity index (χ4v) is 2.56. The molecule has 108 valence electrons. The molecule has 1 aromatic heterocycles. The Morgan fingerprint density at radius 2 is 1.85 bits per heavy atom. The van der Waals surface area contributed by atoms with Gasteiger partial charge in [0.25, 0.3) is 0 Å². The average Bonchev–Trinajstić information content (AvgIpc) is 2.67. The minimum absolute atomic E-state index is 0.0291. The molecule has 0 amide bonds. The molecule has 0 aliphatic carbocycles. The zero-order valence-corrected chi connectivity index (χ0v) is 12.8. The van der Waals surface area contributed by atoms with Crippen LogP contribution in [0.25, 0.3) is 0 Å². The Labute approximate surface area is 120 Å². The highest BCUT2D eigenvalue weighted by Crippen LogP contribution is 2.31. The quantitative estimate of drug-likeness (QED) is 0.932. The van der Waals surface area contributed by atoms with Gasteiger partial charge in [0.05, 0.1) is 18.8 Å². The van der Waals surface area contributed by atoms with Crippen molar-refractivity contribution in [3.05, 3.63) is 46.8 Å². The normalized spacial score (nSPS) is 14.1. The number of rotatable bonds is 4. The summed E-state index contributed by atoms with van der Waals surface area (Å²) in [7, 11) is 1.68. The van der Waals surface area contributed by atoms with Gasteiger partial charge in [-0.1, -0.05) is 18.2 Å². The summed E-state index contributed by atoms with van der Waals surface area (Å²) in [5, 5.41) is 4.66. The van der Waals surface area contributed by atoms with Crippen molar-refractivity contribution < 1.29 is 4.74 Å². The minimum atomic E-state index is -0.0660. The lowest BCUT2D eigenvalue weighted by Gasteiger charge is -2.25. The van der Waals surface area contributed by atoms with Gasteiger partial charge in [0.1, 0.15) is 5.75 Å². The second-order valence-electron chi connectivity index (χ2n) is 5.29. The Balaban J connectivity index is 2.60. The van der Waals surface area contributed by atoms with Gasteiger partial charge in [-0.05, 0) is 39.3 Å². The molecule has 2 unspecified atom stereocenters. The first-order valence-corrected chi connectivity index (χ1v) is 6.88. The van der Waals surface area contributed by atoms with Crippen LogP contribution in [0.4, 0.5) is 0 Å². The van der Waals surface area contributed by atoms with Crippen LogP contribution in [0.1, 0.15) is 35.5 Å². The lowest BCUT2D eigenvalue weighted by atomic mass is 9.99. The zero-order valence-electron chi connectivity index (χ0n) is 12.8. The first kappa shape index (κ1) is 14.6. The number of aromatic nitrogens is 2. The molecule has 0 bridgehead atoms. The summed E-state index contributed by atoms with van der Waals surface area (Å²) in [5.74, 6) is 0.847. The molecule has 2 aromatic rings. The Morgan fingerprint density at radius 1 is 1.20 bits per heavy atom. The number of benzene rings is 1. The van der Waals surface area contributed by atoms with Crippen LogP contribution in [0.5, 0.6) is 5.75 Å². The average molecular weight is 273 g/mol. The van der Waals surface area contributed by atoms with Crippen LogP contribution < -0.4 is 10.5 Å². The van der Waals surface area contributed by atoms with Gasteiger partial charge in [-0.3, -0.25) is 4.68 Å². The molecule has 0 aliphatic heterocycles. The van der Waals surface area contributed by atoms with Crippen LogP contribution in [0.3, 0.4) is 0 Å². The van der Waals surface area contributed by atoms with E-state index >= 15 is 0 Å². The van der Waals surface area contributed by atoms with Gasteiger partial charge in [-0.2, -0.15) is 5.10 Å². The molecule has 0 fully saturated rings. The lowest BCUT2D eigenvalue weighted by Crippen LogP contribution is -2.32. The maximum atomic E-state index is 6.24. The van der Waals surface area contributed by atoms with Crippen LogP contribution in [0.15, 0.2) is 24.3 Å². The van der Waals surface area contributed by atoms with Crippen molar-refractivity contribution in [1.29, 1.82) is 0 Å². The van der Waals surface area contributed by atoms with E-state index in [0.717, 1.165) is 22.7 Å². The second-order valence-corrected chi connectivity index (χ2v) is 5.29. The number of nitrogens with zero attached hydrogens (tertiary/aromatic N) is 2. The summed E-state index contributed by atoms with van der Waals surface area (Å²) in [6.07, 6.45) is 0. The van der Waals surface area contributed by atoms with E-state index in [1.165, 1.54) is 5.56 Å². The molecule has 0 spiro atoms. The summed E-state index contributed by atoms with van der Waals surface area (Å²) in [5.41, 5.74) is 10.7. The Kier molecular flexibility index (Phi) is 4.14. The maximum Gasteiger partial charge on any atom is 0.124 e. The molecule has 4 nitrogen and oxygen atoms in total. The van der Waals surface area contributed by atoms with E-state index in [9.17, 15) is 0 Å². The third-order valence-corrected chi connectivity index (χ3v) is 3.91. The van der Waals surface area contributed by atoms with Crippen molar-refractivity contribution in [2.45, 2.75) is 39.8 Å². The van der Waals surface area contributed by atoms with Crippen molar-refractivity contribution in [3.63, 3.8) is 0 Å². The van der Waals surface area contributed by atoms with Crippen molar-refractivity contribution in [2.75, 3.05) is 7.11 Å². The van der Waals surface area contributed by atoms with E-state index in [1.54, 1.807) is 7.11 Å². The number of methoxy groups -OCH3 is 1. The molecular formula is C16H23N3O. The summed E-state index contributed by atoms with van der Waals surface area (Å²) in [6, 6.07) is 7.89. The fraction of sp³-hybridized carbons (Fsp3) is 0.438. The van der Waals surface area contributed by atoms with Crippen LogP contribution in [-0.4, -0.2) is 22.9 Å². The van der Waals surface area contributed by atoms with Crippen LogP contribution in [0.2, 0.25) is 0 Å². The molecule has 20 heavy (non-hydrogen) atoms. The Bertz CT molecular complexity index is 602. The number of aryl methyl sites for hydroxylation is 1. The monoisotopic (exact) mass is 273 g/mol. The molecule has 0 aliphatic rings. The van der Waals surface area contributed by atoms with E-state index in [2.05, 4.69) is 25.0 Å². The van der Waals surface area contributed by atoms with Gasteiger partial charge in [0.2, 0.25) is 0 Å². The van der Waals surface area contributed by atoms with Gasteiger partial charge in [0.15, 0.2) is 0 Å². The van der Waals surface area contributed by atoms with Crippen molar-refractivity contribution >= 4 is 0 Å². The Morgan fingerprint density at radius 3 is 2.35 bits per heavy atom. The highest BCUT2D eigenvalue weighted by Gasteiger charge is 2.25. The van der Waals surface area contributed by atoms with E-state index in [1.807, 2.05) is 36.7 Å². The SMILES string of the molecule is COc1ccccc1C(C(C)N)n1nc(C)c(C)c1C. The lowest BCUT2D eigenvalue weighted by molar-refractivity contribution is 0.382. The van der Waals surface area contributed by atoms with Crippen LogP contribution in [0, 0.1) is 20.8 Å². The molecule has 2 N–H and O–H groups in total. The predicted octanol–water partition coefficient (Wildman–Crippen LogP) is 2.75. The first-order valence-electron chi connectivity index (χ1n) is 6.88. The first-order chi connectivity index (χ1) is 9.47. The highest BCUT2D eigenvalue weighted by atomic mass is 16.5. The third kappa shape index (κ3) is 2.43. The van der Waals surface area contributed by atoms with E-state index in [4.69, 9.17) is 10.5 Å². The highest BCUT2D eigenvalue weighted by molar-refractivity contribution is 5.38. The summed E-state index contributed by atoms with van der Waals surface area (Å²) in [4.78, 5) is 0. The molecular weight excluding hydrogens is 250 g/mol. The summed E-state index contributed by atoms with van der Waals surface area (Å²) < 4.78 is 7.50. The molecule has 1 aromatic carbocycles. The summed E-state index contributed by atoms with van der Waals surface area (Å²) in [6.45, 7) is 8.21. The number of hydrogen-bond donors (Lipinski definition) is 1. The number of para-hydroxylation sites is 1. The topological polar surface area (TPSA) is 53.1 Å². The third-order valence-electron chi connectivity index (χ3n) is 3.91. The zero-order chi connectivity index (χ0) is 14.9. The molecule has 2 rings (SSSR count). The molecule has 4 heteroatoms. The van der Waals surface area contributed by atoms with Gasteiger partial charge < -0.3 is 10.5 Å². The number of nitrogens with two attached hydrogens (primary N) is 1. The van der Waals surface area contributed by atoms with Crippen LogP contribution in [-0.2, 0) is 0 Å². The molecule has 1 heterocycles. The van der Waals surface area contributed by atoms with Gasteiger partial charge >= 0.3 is 0 Å². The van der Waals surface area contributed by atoms with Crippen LogP contribution >= 0.6 is 0 Å². The predicted molar refractivity (Wildman–Crippen MR) is 81.2 cm³/mol. The molecule has 0 saturated heterocycles. The van der Waals surface area contributed by atoms with Gasteiger partial charge in [-0.25, -0.2) is 0 Å². The standard InChI is InChI=1S/C16H23N3O/c1-10-12(3)18-19(13(10)4)16(11(2)17)14-8-6-7-9-15(14)20-5/h6-9,11,16H,17H2,1-5H3. The van der Waals surface area contributed by atoms with E-state index in [-0.39, 0.29) is 12.1 Å². The smallest absolute Gasteiger partial charge is 0.124 e. The second kappa shape index (κ2) is 5.67. The Hall–Kier alpha value is -1.81. The number of hydrogen-bond acceptors (Lipinski definition) is 3. The van der Waals surface area contributed by atoms with Crippen molar-refractivity contribution in [3.8, 4) is 5.75 Å². The largest absolute Gasteiger partial charge is 0.496 e. The maximum absolute atomic E-state index is 6.24. The number of ether oxygens (including phenoxy) is 1. The molecule has 0 saturated carbocycles.